The average molecular weight is 155 g/mol. The van der Waals surface area contributed by atoms with Crippen molar-refractivity contribution in [2.75, 3.05) is 13.1 Å². The van der Waals surface area contributed by atoms with E-state index in [1.54, 1.807) is 0 Å². The van der Waals surface area contributed by atoms with Crippen LogP contribution < -0.4 is 0 Å². The van der Waals surface area contributed by atoms with Gasteiger partial charge in [0, 0.05) is 6.04 Å². The third-order valence-corrected chi connectivity index (χ3v) is 2.91. The molecule has 0 aromatic heterocycles. The Bertz CT molecular complexity index is 177. The summed E-state index contributed by atoms with van der Waals surface area (Å²) in [5, 5.41) is 8.75. The molecule has 1 saturated carbocycles. The van der Waals surface area contributed by atoms with Crippen LogP contribution >= 0.6 is 0 Å². The molecule has 0 spiro atoms. The minimum absolute atomic E-state index is 0.0599. The van der Waals surface area contributed by atoms with E-state index in [0.717, 1.165) is 25.9 Å². The Morgan fingerprint density at radius 2 is 2.09 bits per heavy atom. The molecule has 0 bridgehead atoms. The van der Waals surface area contributed by atoms with Crippen molar-refractivity contribution in [3.8, 4) is 0 Å². The summed E-state index contributed by atoms with van der Waals surface area (Å²) in [5.41, 5.74) is 0. The van der Waals surface area contributed by atoms with Crippen LogP contribution in [0.1, 0.15) is 19.3 Å². The summed E-state index contributed by atoms with van der Waals surface area (Å²) in [6.07, 6.45) is 3.23. The summed E-state index contributed by atoms with van der Waals surface area (Å²) in [4.78, 5) is 12.9. The summed E-state index contributed by atoms with van der Waals surface area (Å²) in [5.74, 6) is -0.663. The van der Waals surface area contributed by atoms with Crippen LogP contribution in [0.3, 0.4) is 0 Å². The number of aliphatic carboxylic acids is 1. The summed E-state index contributed by atoms with van der Waals surface area (Å²) in [6.45, 7) is 2.24. The Kier molecular flexibility index (Phi) is 1.60. The molecule has 1 aliphatic heterocycles. The van der Waals surface area contributed by atoms with Crippen LogP contribution in [-0.4, -0.2) is 35.1 Å². The molecule has 0 amide bonds. The SMILES string of the molecule is O=C(O)C1CCC1N1CCC1. The van der Waals surface area contributed by atoms with E-state index in [1.165, 1.54) is 6.42 Å². The lowest BCUT2D eigenvalue weighted by Crippen LogP contribution is -2.55. The van der Waals surface area contributed by atoms with E-state index in [-0.39, 0.29) is 5.92 Å². The van der Waals surface area contributed by atoms with Gasteiger partial charge in [0.05, 0.1) is 5.92 Å². The van der Waals surface area contributed by atoms with Gasteiger partial charge in [-0.05, 0) is 32.4 Å². The smallest absolute Gasteiger partial charge is 0.308 e. The molecule has 2 unspecified atom stereocenters. The van der Waals surface area contributed by atoms with E-state index in [0.29, 0.717) is 6.04 Å². The van der Waals surface area contributed by atoms with Gasteiger partial charge in [0.15, 0.2) is 0 Å². The quantitative estimate of drug-likeness (QED) is 0.633. The first-order valence-corrected chi connectivity index (χ1v) is 4.26. The molecule has 1 aliphatic carbocycles. The standard InChI is InChI=1S/C8H13NO2/c10-8(11)6-2-3-7(6)9-4-1-5-9/h6-7H,1-5H2,(H,10,11). The van der Waals surface area contributed by atoms with Gasteiger partial charge in [-0.3, -0.25) is 9.69 Å². The van der Waals surface area contributed by atoms with Gasteiger partial charge >= 0.3 is 5.97 Å². The molecule has 62 valence electrons. The molecule has 0 aromatic carbocycles. The Morgan fingerprint density at radius 1 is 1.36 bits per heavy atom. The number of rotatable bonds is 2. The third-order valence-electron chi connectivity index (χ3n) is 2.91. The second-order valence-electron chi connectivity index (χ2n) is 3.48. The van der Waals surface area contributed by atoms with E-state index in [2.05, 4.69) is 4.90 Å². The van der Waals surface area contributed by atoms with Crippen LogP contribution in [-0.2, 0) is 4.79 Å². The summed E-state index contributed by atoms with van der Waals surface area (Å²) >= 11 is 0. The van der Waals surface area contributed by atoms with Crippen LogP contribution in [0.2, 0.25) is 0 Å². The van der Waals surface area contributed by atoms with Crippen molar-refractivity contribution in [3.05, 3.63) is 0 Å². The maximum absolute atomic E-state index is 10.6. The highest BCUT2D eigenvalue weighted by Crippen LogP contribution is 2.34. The molecular weight excluding hydrogens is 142 g/mol. The number of carboxylic acid groups (broad SMARTS) is 1. The summed E-state index contributed by atoms with van der Waals surface area (Å²) < 4.78 is 0. The molecular formula is C8H13NO2. The van der Waals surface area contributed by atoms with Gasteiger partial charge in [0.2, 0.25) is 0 Å². The molecule has 0 radical (unpaired) electrons. The van der Waals surface area contributed by atoms with Crippen LogP contribution in [0.15, 0.2) is 0 Å². The highest BCUT2D eigenvalue weighted by molar-refractivity contribution is 5.72. The van der Waals surface area contributed by atoms with Crippen LogP contribution in [0.4, 0.5) is 0 Å². The number of nitrogens with zero attached hydrogens (tertiary/aromatic N) is 1. The van der Waals surface area contributed by atoms with Crippen molar-refractivity contribution in [2.24, 2.45) is 5.92 Å². The lowest BCUT2D eigenvalue weighted by atomic mass is 9.77. The van der Waals surface area contributed by atoms with Crippen molar-refractivity contribution in [2.45, 2.75) is 25.3 Å². The second kappa shape index (κ2) is 2.48. The van der Waals surface area contributed by atoms with Crippen LogP contribution in [0.5, 0.6) is 0 Å². The summed E-state index contributed by atoms with van der Waals surface area (Å²) in [7, 11) is 0. The number of likely N-dealkylation sites (tertiary alicyclic amines) is 1. The monoisotopic (exact) mass is 155 g/mol. The zero-order chi connectivity index (χ0) is 7.84. The van der Waals surface area contributed by atoms with Crippen molar-refractivity contribution in [1.82, 2.24) is 4.90 Å². The predicted octanol–water partition coefficient (Wildman–Crippen LogP) is 0.555. The molecule has 2 rings (SSSR count). The van der Waals surface area contributed by atoms with E-state index < -0.39 is 5.97 Å². The zero-order valence-corrected chi connectivity index (χ0v) is 6.49. The molecule has 3 nitrogen and oxygen atoms in total. The fourth-order valence-corrected chi connectivity index (χ4v) is 1.88. The van der Waals surface area contributed by atoms with Crippen LogP contribution in [0, 0.1) is 5.92 Å². The molecule has 1 heterocycles. The fraction of sp³-hybridized carbons (Fsp3) is 0.875. The molecule has 0 aromatic rings. The predicted molar refractivity (Wildman–Crippen MR) is 40.3 cm³/mol. The van der Waals surface area contributed by atoms with Gasteiger partial charge in [-0.2, -0.15) is 0 Å². The fourth-order valence-electron chi connectivity index (χ4n) is 1.88. The zero-order valence-electron chi connectivity index (χ0n) is 6.49. The van der Waals surface area contributed by atoms with Gasteiger partial charge in [0.25, 0.3) is 0 Å². The first kappa shape index (κ1) is 7.10. The molecule has 1 saturated heterocycles. The summed E-state index contributed by atoms with van der Waals surface area (Å²) in [6, 6.07) is 0.376. The highest BCUT2D eigenvalue weighted by Gasteiger charge is 2.41. The number of hydrogen-bond donors (Lipinski definition) is 1. The number of carbonyl (C=O) groups is 1. The number of carboxylic acids is 1. The molecule has 2 aliphatic rings. The average Bonchev–Trinajstić information content (AvgIpc) is 1.73. The first-order chi connectivity index (χ1) is 5.29. The lowest BCUT2D eigenvalue weighted by molar-refractivity contribution is -0.150. The van der Waals surface area contributed by atoms with E-state index in [9.17, 15) is 4.79 Å². The van der Waals surface area contributed by atoms with Gasteiger partial charge in [0.1, 0.15) is 0 Å². The Labute approximate surface area is 66.0 Å². The minimum Gasteiger partial charge on any atom is -0.481 e. The molecule has 2 atom stereocenters. The van der Waals surface area contributed by atoms with Gasteiger partial charge in [-0.15, -0.1) is 0 Å². The topological polar surface area (TPSA) is 40.5 Å². The molecule has 2 fully saturated rings. The van der Waals surface area contributed by atoms with Crippen molar-refractivity contribution >= 4 is 5.97 Å². The Hall–Kier alpha value is -0.570. The van der Waals surface area contributed by atoms with E-state index in [4.69, 9.17) is 5.11 Å². The van der Waals surface area contributed by atoms with Gasteiger partial charge < -0.3 is 5.11 Å². The van der Waals surface area contributed by atoms with Crippen molar-refractivity contribution < 1.29 is 9.90 Å². The van der Waals surface area contributed by atoms with Crippen LogP contribution in [0.25, 0.3) is 0 Å². The number of hydrogen-bond acceptors (Lipinski definition) is 2. The van der Waals surface area contributed by atoms with Gasteiger partial charge in [-0.1, -0.05) is 0 Å². The van der Waals surface area contributed by atoms with Gasteiger partial charge in [-0.25, -0.2) is 0 Å². The lowest BCUT2D eigenvalue weighted by Gasteiger charge is -2.46. The Morgan fingerprint density at radius 3 is 2.36 bits per heavy atom. The maximum Gasteiger partial charge on any atom is 0.308 e. The van der Waals surface area contributed by atoms with E-state index in [1.807, 2.05) is 0 Å². The third kappa shape index (κ3) is 1.03. The highest BCUT2D eigenvalue weighted by atomic mass is 16.4. The van der Waals surface area contributed by atoms with E-state index >= 15 is 0 Å². The Balaban J connectivity index is 1.89. The van der Waals surface area contributed by atoms with Crippen molar-refractivity contribution in [3.63, 3.8) is 0 Å². The van der Waals surface area contributed by atoms with Crippen molar-refractivity contribution in [1.29, 1.82) is 0 Å². The molecule has 3 heteroatoms. The molecule has 1 N–H and O–H groups in total. The molecule has 11 heavy (non-hydrogen) atoms. The largest absolute Gasteiger partial charge is 0.481 e. The first-order valence-electron chi connectivity index (χ1n) is 4.26. The normalized spacial score (nSPS) is 37.5. The second-order valence-corrected chi connectivity index (χ2v) is 3.48. The minimum atomic E-state index is -0.604. The maximum atomic E-state index is 10.6.